The number of nitrogens with one attached hydrogen (secondary N) is 2. The molecule has 1 amide bonds. The minimum atomic E-state index is -0.234. The summed E-state index contributed by atoms with van der Waals surface area (Å²) >= 11 is 0. The fourth-order valence-electron chi connectivity index (χ4n) is 3.39. The molecule has 5 nitrogen and oxygen atoms in total. The van der Waals surface area contributed by atoms with Gasteiger partial charge in [-0.25, -0.2) is 0 Å². The van der Waals surface area contributed by atoms with Gasteiger partial charge in [0.1, 0.15) is 6.54 Å². The first-order chi connectivity index (χ1) is 14.5. The summed E-state index contributed by atoms with van der Waals surface area (Å²) in [6.07, 6.45) is 0. The van der Waals surface area contributed by atoms with Crippen molar-refractivity contribution in [3.63, 3.8) is 0 Å². The molecule has 0 saturated carbocycles. The van der Waals surface area contributed by atoms with E-state index < -0.39 is 0 Å². The fraction of sp³-hybridized carbons (Fsp3) is 0.240. The van der Waals surface area contributed by atoms with E-state index >= 15 is 0 Å². The van der Waals surface area contributed by atoms with Crippen LogP contribution in [0, 0.1) is 0 Å². The maximum absolute atomic E-state index is 13.0. The lowest BCUT2D eigenvalue weighted by Gasteiger charge is -2.22. The Labute approximate surface area is 178 Å². The number of carbonyl (C=O) groups excluding carboxylic acids is 1. The Balaban J connectivity index is 1.71. The van der Waals surface area contributed by atoms with Crippen molar-refractivity contribution in [3.05, 3.63) is 78.4 Å². The highest BCUT2D eigenvalue weighted by atomic mass is 16.5. The first-order valence-corrected chi connectivity index (χ1v) is 10.0. The summed E-state index contributed by atoms with van der Waals surface area (Å²) in [6.45, 7) is 2.63. The van der Waals surface area contributed by atoms with E-state index in [1.165, 1.54) is 0 Å². The molecule has 30 heavy (non-hydrogen) atoms. The van der Waals surface area contributed by atoms with E-state index in [1.807, 2.05) is 86.8 Å². The molecule has 0 fully saturated rings. The lowest BCUT2D eigenvalue weighted by molar-refractivity contribution is -0.907. The molecule has 0 spiro atoms. The molecule has 2 N–H and O–H groups in total. The topological polar surface area (TPSA) is 52.0 Å². The summed E-state index contributed by atoms with van der Waals surface area (Å²) in [4.78, 5) is 14.1. The van der Waals surface area contributed by atoms with Crippen LogP contribution in [0.3, 0.4) is 0 Å². The molecule has 3 aromatic rings. The van der Waals surface area contributed by atoms with Gasteiger partial charge in [-0.3, -0.25) is 4.79 Å². The van der Waals surface area contributed by atoms with Crippen LogP contribution in [0.5, 0.6) is 11.5 Å². The van der Waals surface area contributed by atoms with Gasteiger partial charge in [0.05, 0.1) is 21.3 Å². The van der Waals surface area contributed by atoms with Gasteiger partial charge in [-0.1, -0.05) is 48.5 Å². The second-order valence-corrected chi connectivity index (χ2v) is 7.34. The third kappa shape index (κ3) is 4.99. The van der Waals surface area contributed by atoms with E-state index in [2.05, 4.69) is 5.32 Å². The first kappa shape index (κ1) is 21.4. The zero-order valence-corrected chi connectivity index (χ0v) is 17.9. The Morgan fingerprint density at radius 1 is 0.933 bits per heavy atom. The number of likely N-dealkylation sites (N-methyl/N-ethyl adjacent to an activating group) is 1. The molecule has 0 aromatic heterocycles. The van der Waals surface area contributed by atoms with Crippen molar-refractivity contribution in [1.29, 1.82) is 0 Å². The molecule has 1 unspecified atom stereocenters. The number of hydrogen-bond donors (Lipinski definition) is 2. The van der Waals surface area contributed by atoms with Crippen molar-refractivity contribution in [1.82, 2.24) is 0 Å². The van der Waals surface area contributed by atoms with Crippen molar-refractivity contribution in [2.24, 2.45) is 0 Å². The zero-order valence-electron chi connectivity index (χ0n) is 17.9. The van der Waals surface area contributed by atoms with E-state index in [9.17, 15) is 4.79 Å². The van der Waals surface area contributed by atoms with Crippen LogP contribution in [0.25, 0.3) is 11.1 Å². The fourth-order valence-corrected chi connectivity index (χ4v) is 3.39. The average molecular weight is 406 g/mol. The van der Waals surface area contributed by atoms with Crippen molar-refractivity contribution in [2.45, 2.75) is 19.5 Å². The SMILES string of the molecule is COc1ccc(C[NH+](C)[C@@H](C)C(=O)Nc2ccccc2-c2ccccc2)cc1OC. The molecule has 3 rings (SSSR count). The molecule has 0 bridgehead atoms. The Hall–Kier alpha value is -3.31. The molecule has 0 heterocycles. The van der Waals surface area contributed by atoms with Gasteiger partial charge < -0.3 is 19.7 Å². The predicted octanol–water partition coefficient (Wildman–Crippen LogP) is 3.41. The van der Waals surface area contributed by atoms with Crippen LogP contribution in [0.1, 0.15) is 12.5 Å². The maximum atomic E-state index is 13.0. The van der Waals surface area contributed by atoms with Gasteiger partial charge >= 0.3 is 0 Å². The maximum Gasteiger partial charge on any atom is 0.282 e. The van der Waals surface area contributed by atoms with Gasteiger partial charge in [-0.2, -0.15) is 0 Å². The average Bonchev–Trinajstić information content (AvgIpc) is 2.79. The lowest BCUT2D eigenvalue weighted by atomic mass is 10.0. The third-order valence-electron chi connectivity index (χ3n) is 5.33. The highest BCUT2D eigenvalue weighted by Crippen LogP contribution is 2.28. The van der Waals surface area contributed by atoms with Gasteiger partial charge in [-0.05, 0) is 36.8 Å². The number of methoxy groups -OCH3 is 2. The lowest BCUT2D eigenvalue weighted by Crippen LogP contribution is -3.12. The van der Waals surface area contributed by atoms with Crippen LogP contribution in [0.2, 0.25) is 0 Å². The molecule has 0 saturated heterocycles. The summed E-state index contributed by atoms with van der Waals surface area (Å²) in [7, 11) is 5.26. The number of ether oxygens (including phenoxy) is 2. The van der Waals surface area contributed by atoms with Crippen molar-refractivity contribution in [2.75, 3.05) is 26.6 Å². The van der Waals surface area contributed by atoms with E-state index in [0.717, 1.165) is 27.3 Å². The smallest absolute Gasteiger partial charge is 0.282 e. The van der Waals surface area contributed by atoms with Crippen LogP contribution >= 0.6 is 0 Å². The Morgan fingerprint density at radius 2 is 1.60 bits per heavy atom. The van der Waals surface area contributed by atoms with Gasteiger partial charge in [0.2, 0.25) is 0 Å². The van der Waals surface area contributed by atoms with Crippen LogP contribution in [-0.4, -0.2) is 33.2 Å². The van der Waals surface area contributed by atoms with Gasteiger partial charge in [0, 0.05) is 16.8 Å². The summed E-state index contributed by atoms with van der Waals surface area (Å²) in [5.41, 5.74) is 3.98. The number of para-hydroxylation sites is 1. The zero-order chi connectivity index (χ0) is 21.5. The second kappa shape index (κ2) is 9.94. The molecule has 156 valence electrons. The number of benzene rings is 3. The number of quaternary nitrogens is 1. The molecule has 0 radical (unpaired) electrons. The number of rotatable bonds is 8. The molecule has 0 aliphatic carbocycles. The summed E-state index contributed by atoms with van der Waals surface area (Å²) in [5, 5.41) is 3.11. The molecule has 5 heteroatoms. The van der Waals surface area contributed by atoms with Crippen LogP contribution in [0.15, 0.2) is 72.8 Å². The van der Waals surface area contributed by atoms with Gasteiger partial charge in [-0.15, -0.1) is 0 Å². The van der Waals surface area contributed by atoms with Crippen molar-refractivity contribution >= 4 is 11.6 Å². The standard InChI is InChI=1S/C25H28N2O3/c1-18(27(2)17-19-14-15-23(29-3)24(16-19)30-4)25(28)26-22-13-9-8-12-21(22)20-10-6-5-7-11-20/h5-16,18H,17H2,1-4H3,(H,26,28)/p+1/t18-/m0/s1. The monoisotopic (exact) mass is 405 g/mol. The summed E-state index contributed by atoms with van der Waals surface area (Å²) in [6, 6.07) is 23.6. The number of anilines is 1. The van der Waals surface area contributed by atoms with E-state index in [-0.39, 0.29) is 11.9 Å². The van der Waals surface area contributed by atoms with Gasteiger partial charge in [0.15, 0.2) is 17.5 Å². The molecular weight excluding hydrogens is 376 g/mol. The summed E-state index contributed by atoms with van der Waals surface area (Å²) < 4.78 is 10.7. The minimum Gasteiger partial charge on any atom is -0.493 e. The quantitative estimate of drug-likeness (QED) is 0.604. The van der Waals surface area contributed by atoms with Gasteiger partial charge in [0.25, 0.3) is 5.91 Å². The predicted molar refractivity (Wildman–Crippen MR) is 120 cm³/mol. The molecule has 3 aromatic carbocycles. The van der Waals surface area contributed by atoms with Crippen LogP contribution in [0.4, 0.5) is 5.69 Å². The Bertz CT molecular complexity index is 989. The molecule has 0 aliphatic heterocycles. The summed E-state index contributed by atoms with van der Waals surface area (Å²) in [5.74, 6) is 1.37. The number of amides is 1. The number of hydrogen-bond acceptors (Lipinski definition) is 3. The Kier molecular flexibility index (Phi) is 7.09. The third-order valence-corrected chi connectivity index (χ3v) is 5.33. The van der Waals surface area contributed by atoms with Crippen molar-refractivity contribution in [3.8, 4) is 22.6 Å². The normalized spacial score (nSPS) is 12.7. The highest BCUT2D eigenvalue weighted by Gasteiger charge is 2.23. The molecule has 2 atom stereocenters. The van der Waals surface area contributed by atoms with Crippen molar-refractivity contribution < 1.29 is 19.2 Å². The first-order valence-electron chi connectivity index (χ1n) is 10.0. The van der Waals surface area contributed by atoms with Crippen LogP contribution in [-0.2, 0) is 11.3 Å². The van der Waals surface area contributed by atoms with Crippen LogP contribution < -0.4 is 19.7 Å². The second-order valence-electron chi connectivity index (χ2n) is 7.34. The number of carbonyl (C=O) groups is 1. The molecular formula is C25H29N2O3+. The molecule has 0 aliphatic rings. The van der Waals surface area contributed by atoms with E-state index in [1.54, 1.807) is 14.2 Å². The Morgan fingerprint density at radius 3 is 2.30 bits per heavy atom. The van der Waals surface area contributed by atoms with E-state index in [4.69, 9.17) is 9.47 Å². The van der Waals surface area contributed by atoms with E-state index in [0.29, 0.717) is 18.0 Å². The minimum absolute atomic E-state index is 0.0173. The largest absolute Gasteiger partial charge is 0.493 e. The highest BCUT2D eigenvalue weighted by molar-refractivity contribution is 5.97.